The summed E-state index contributed by atoms with van der Waals surface area (Å²) in [5.41, 5.74) is 4.07. The van der Waals surface area contributed by atoms with E-state index >= 15 is 0 Å². The van der Waals surface area contributed by atoms with E-state index in [4.69, 9.17) is 5.26 Å². The number of fused-ring (bicyclic) bond motifs is 1. The van der Waals surface area contributed by atoms with Gasteiger partial charge in [0.15, 0.2) is 0 Å². The van der Waals surface area contributed by atoms with Gasteiger partial charge in [-0.15, -0.1) is 0 Å². The van der Waals surface area contributed by atoms with Crippen molar-refractivity contribution < 1.29 is 0 Å². The summed E-state index contributed by atoms with van der Waals surface area (Å²) >= 11 is 0. The van der Waals surface area contributed by atoms with Crippen molar-refractivity contribution in [3.05, 3.63) is 34.9 Å². The molecule has 0 radical (unpaired) electrons. The molecule has 0 spiro atoms. The van der Waals surface area contributed by atoms with Crippen LogP contribution in [0.15, 0.2) is 18.2 Å². The van der Waals surface area contributed by atoms with Gasteiger partial charge in [0.1, 0.15) is 0 Å². The van der Waals surface area contributed by atoms with E-state index in [1.807, 2.05) is 13.8 Å². The predicted molar refractivity (Wildman–Crippen MR) is 82.5 cm³/mol. The first-order valence-corrected chi connectivity index (χ1v) is 7.66. The zero-order chi connectivity index (χ0) is 14.5. The quantitative estimate of drug-likeness (QED) is 0.827. The molecule has 2 aliphatic heterocycles. The Morgan fingerprint density at radius 3 is 2.65 bits per heavy atom. The number of benzene rings is 1. The Hall–Kier alpha value is -1.37. The highest BCUT2D eigenvalue weighted by atomic mass is 15.3. The number of likely N-dealkylation sites (tertiary alicyclic amines) is 1. The van der Waals surface area contributed by atoms with Crippen LogP contribution in [0.5, 0.6) is 0 Å². The monoisotopic (exact) mass is 271 g/mol. The van der Waals surface area contributed by atoms with Crippen molar-refractivity contribution in [2.45, 2.75) is 39.3 Å². The first kappa shape index (κ1) is 15.0. The topological polar surface area (TPSA) is 30.3 Å². The predicted octanol–water partition coefficient (Wildman–Crippen LogP) is 2.45. The summed E-state index contributed by atoms with van der Waals surface area (Å²) in [6.45, 7) is 8.67. The summed E-state index contributed by atoms with van der Waals surface area (Å²) in [5.74, 6) is 0. The van der Waals surface area contributed by atoms with Gasteiger partial charge >= 0.3 is 0 Å². The molecule has 3 rings (SSSR count). The fourth-order valence-electron chi connectivity index (χ4n) is 3.04. The summed E-state index contributed by atoms with van der Waals surface area (Å²) in [6, 6.07) is 9.53. The summed E-state index contributed by atoms with van der Waals surface area (Å²) in [7, 11) is 2.18. The summed E-state index contributed by atoms with van der Waals surface area (Å²) in [6.07, 6.45) is 1.67. The van der Waals surface area contributed by atoms with Crippen molar-refractivity contribution in [2.24, 2.45) is 0 Å². The zero-order valence-corrected chi connectivity index (χ0v) is 12.9. The highest BCUT2D eigenvalue weighted by Gasteiger charge is 2.31. The molecule has 0 unspecified atom stereocenters. The van der Waals surface area contributed by atoms with Gasteiger partial charge in [-0.3, -0.25) is 4.90 Å². The van der Waals surface area contributed by atoms with Crippen molar-refractivity contribution in [2.75, 3.05) is 26.7 Å². The molecule has 0 atom stereocenters. The molecule has 1 aromatic carbocycles. The van der Waals surface area contributed by atoms with E-state index in [-0.39, 0.29) is 0 Å². The molecule has 3 heteroatoms. The summed E-state index contributed by atoms with van der Waals surface area (Å²) in [5, 5.41) is 8.74. The van der Waals surface area contributed by atoms with Crippen molar-refractivity contribution >= 4 is 0 Å². The number of nitriles is 1. The third-order valence-electron chi connectivity index (χ3n) is 4.16. The van der Waals surface area contributed by atoms with Gasteiger partial charge in [0.2, 0.25) is 0 Å². The molecule has 0 amide bonds. The number of likely N-dealkylation sites (N-methyl/N-ethyl adjacent to an activating group) is 1. The molecular weight excluding hydrogens is 246 g/mol. The molecule has 20 heavy (non-hydrogen) atoms. The fraction of sp³-hybridized carbons (Fsp3) is 0.588. The van der Waals surface area contributed by atoms with Crippen LogP contribution in [0.1, 0.15) is 30.5 Å². The van der Waals surface area contributed by atoms with Gasteiger partial charge in [-0.1, -0.05) is 32.0 Å². The molecule has 0 aromatic heterocycles. The van der Waals surface area contributed by atoms with E-state index in [0.717, 1.165) is 24.6 Å². The molecule has 108 valence electrons. The molecule has 0 aliphatic carbocycles. The van der Waals surface area contributed by atoms with Gasteiger partial charge in [0.05, 0.1) is 12.5 Å². The molecule has 0 saturated carbocycles. The maximum atomic E-state index is 8.74. The second kappa shape index (κ2) is 6.88. The standard InChI is InChI=1S/C15H19N3.C2H6/c1-17-10-15(11-17)18-7-5-13-8-12(4-6-16)2-3-14(13)9-18;1-2/h2-3,8,15H,4-5,7,9-11H2,1H3;1-2H3. The minimum Gasteiger partial charge on any atom is -0.303 e. The highest BCUT2D eigenvalue weighted by molar-refractivity contribution is 5.35. The van der Waals surface area contributed by atoms with Crippen molar-refractivity contribution in [3.8, 4) is 6.07 Å². The van der Waals surface area contributed by atoms with Crippen LogP contribution in [0, 0.1) is 11.3 Å². The van der Waals surface area contributed by atoms with Crippen LogP contribution >= 0.6 is 0 Å². The van der Waals surface area contributed by atoms with Crippen LogP contribution in [0.4, 0.5) is 0 Å². The minimum absolute atomic E-state index is 0.532. The molecule has 2 aliphatic rings. The maximum Gasteiger partial charge on any atom is 0.0669 e. The third kappa shape index (κ3) is 3.20. The largest absolute Gasteiger partial charge is 0.303 e. The molecule has 3 nitrogen and oxygen atoms in total. The van der Waals surface area contributed by atoms with Gasteiger partial charge in [-0.25, -0.2) is 0 Å². The second-order valence-electron chi connectivity index (χ2n) is 5.53. The summed E-state index contributed by atoms with van der Waals surface area (Å²) < 4.78 is 0. The van der Waals surface area contributed by atoms with Crippen LogP contribution < -0.4 is 0 Å². The first-order valence-electron chi connectivity index (χ1n) is 7.66. The lowest BCUT2D eigenvalue weighted by Gasteiger charge is -2.45. The molecule has 1 fully saturated rings. The Kier molecular flexibility index (Phi) is 5.17. The third-order valence-corrected chi connectivity index (χ3v) is 4.16. The van der Waals surface area contributed by atoms with Gasteiger partial charge in [0, 0.05) is 32.2 Å². The maximum absolute atomic E-state index is 8.74. The summed E-state index contributed by atoms with van der Waals surface area (Å²) in [4.78, 5) is 4.97. The van der Waals surface area contributed by atoms with E-state index in [1.54, 1.807) is 0 Å². The van der Waals surface area contributed by atoms with Crippen LogP contribution in [-0.4, -0.2) is 42.5 Å². The van der Waals surface area contributed by atoms with E-state index < -0.39 is 0 Å². The lowest BCUT2D eigenvalue weighted by molar-refractivity contribution is 0.0434. The van der Waals surface area contributed by atoms with Crippen LogP contribution in [0.25, 0.3) is 0 Å². The van der Waals surface area contributed by atoms with Crippen LogP contribution in [0.3, 0.4) is 0 Å². The highest BCUT2D eigenvalue weighted by Crippen LogP contribution is 2.24. The SMILES string of the molecule is CC.CN1CC(N2CCc3cc(CC#N)ccc3C2)C1. The van der Waals surface area contributed by atoms with Crippen molar-refractivity contribution in [1.82, 2.24) is 9.80 Å². The van der Waals surface area contributed by atoms with E-state index in [0.29, 0.717) is 6.42 Å². The van der Waals surface area contributed by atoms with Gasteiger partial charge in [0.25, 0.3) is 0 Å². The van der Waals surface area contributed by atoms with Crippen LogP contribution in [-0.2, 0) is 19.4 Å². The number of nitrogens with zero attached hydrogens (tertiary/aromatic N) is 3. The molecule has 0 N–H and O–H groups in total. The van der Waals surface area contributed by atoms with Gasteiger partial charge in [-0.05, 0) is 30.2 Å². The van der Waals surface area contributed by atoms with Gasteiger partial charge < -0.3 is 4.90 Å². The number of hydrogen-bond acceptors (Lipinski definition) is 3. The Balaban J connectivity index is 0.000000704. The number of rotatable bonds is 2. The lowest BCUT2D eigenvalue weighted by atomic mass is 9.94. The Labute approximate surface area is 122 Å². The van der Waals surface area contributed by atoms with E-state index in [9.17, 15) is 0 Å². The second-order valence-corrected chi connectivity index (χ2v) is 5.53. The van der Waals surface area contributed by atoms with Crippen LogP contribution in [0.2, 0.25) is 0 Å². The first-order chi connectivity index (χ1) is 9.76. The minimum atomic E-state index is 0.532. The smallest absolute Gasteiger partial charge is 0.0669 e. The molecule has 2 heterocycles. The fourth-order valence-corrected chi connectivity index (χ4v) is 3.04. The van der Waals surface area contributed by atoms with E-state index in [1.165, 1.54) is 30.8 Å². The van der Waals surface area contributed by atoms with Gasteiger partial charge in [-0.2, -0.15) is 5.26 Å². The van der Waals surface area contributed by atoms with Crippen molar-refractivity contribution in [1.29, 1.82) is 5.26 Å². The lowest BCUT2D eigenvalue weighted by Crippen LogP contribution is -2.58. The normalized spacial score (nSPS) is 19.3. The average molecular weight is 271 g/mol. The molecule has 0 bridgehead atoms. The Morgan fingerprint density at radius 1 is 1.25 bits per heavy atom. The van der Waals surface area contributed by atoms with E-state index in [2.05, 4.69) is 41.1 Å². The Morgan fingerprint density at radius 2 is 2.00 bits per heavy atom. The molecule has 1 saturated heterocycles. The Bertz CT molecular complexity index is 483. The number of hydrogen-bond donors (Lipinski definition) is 0. The average Bonchev–Trinajstić information content (AvgIpc) is 2.46. The van der Waals surface area contributed by atoms with Crippen molar-refractivity contribution in [3.63, 3.8) is 0 Å². The molecular formula is C17H25N3. The zero-order valence-electron chi connectivity index (χ0n) is 12.9. The molecule has 1 aromatic rings.